The number of carbonyl (C=O) groups is 2. The van der Waals surface area contributed by atoms with Crippen LogP contribution in [0.25, 0.3) is 0 Å². The molecule has 148 valence electrons. The monoisotopic (exact) mass is 374 g/mol. The van der Waals surface area contributed by atoms with E-state index in [2.05, 4.69) is 12.2 Å². The van der Waals surface area contributed by atoms with Gasteiger partial charge in [0.2, 0.25) is 0 Å². The molecule has 1 heterocycles. The first-order valence-electron chi connectivity index (χ1n) is 9.92. The Hall–Kier alpha value is -2.24. The number of benzene rings is 1. The second-order valence-electron chi connectivity index (χ2n) is 7.92. The number of para-hydroxylation sites is 1. The summed E-state index contributed by atoms with van der Waals surface area (Å²) in [4.78, 5) is 26.1. The number of carbonyl (C=O) groups excluding carboxylic acids is 1. The quantitative estimate of drug-likeness (QED) is 0.840. The number of rotatable bonds is 4. The van der Waals surface area contributed by atoms with Crippen LogP contribution >= 0.6 is 0 Å². The van der Waals surface area contributed by atoms with Crippen LogP contribution in [0.3, 0.4) is 0 Å². The van der Waals surface area contributed by atoms with E-state index in [-0.39, 0.29) is 24.0 Å². The van der Waals surface area contributed by atoms with Gasteiger partial charge in [0, 0.05) is 18.2 Å². The van der Waals surface area contributed by atoms with Gasteiger partial charge in [0.05, 0.1) is 19.1 Å². The van der Waals surface area contributed by atoms with E-state index < -0.39 is 5.97 Å². The van der Waals surface area contributed by atoms with E-state index in [1.54, 1.807) is 7.11 Å². The summed E-state index contributed by atoms with van der Waals surface area (Å²) in [7, 11) is 1.66. The third kappa shape index (κ3) is 4.54. The van der Waals surface area contributed by atoms with Crippen molar-refractivity contribution in [3.05, 3.63) is 29.8 Å². The molecule has 2 fully saturated rings. The fraction of sp³-hybridized carbons (Fsp3) is 0.619. The van der Waals surface area contributed by atoms with Gasteiger partial charge in [-0.3, -0.25) is 4.79 Å². The first-order chi connectivity index (χ1) is 13.0. The zero-order valence-electron chi connectivity index (χ0n) is 16.2. The summed E-state index contributed by atoms with van der Waals surface area (Å²) in [6, 6.07) is 7.93. The average Bonchev–Trinajstić information content (AvgIpc) is 2.68. The number of likely N-dealkylation sites (tertiary alicyclic amines) is 1. The van der Waals surface area contributed by atoms with Crippen molar-refractivity contribution in [3.8, 4) is 5.75 Å². The predicted octanol–water partition coefficient (Wildman–Crippen LogP) is 3.82. The maximum atomic E-state index is 13.0. The van der Waals surface area contributed by atoms with Crippen LogP contribution < -0.4 is 10.1 Å². The minimum absolute atomic E-state index is 0.000239. The highest BCUT2D eigenvalue weighted by Gasteiger charge is 2.34. The average molecular weight is 374 g/mol. The highest BCUT2D eigenvalue weighted by Crippen LogP contribution is 2.38. The van der Waals surface area contributed by atoms with Crippen LogP contribution in [0.1, 0.15) is 57.1 Å². The topological polar surface area (TPSA) is 78.9 Å². The summed E-state index contributed by atoms with van der Waals surface area (Å²) in [5.41, 5.74) is 1.05. The SMILES string of the molecule is COc1ccccc1[C@H]1C[C@@H](C)CCN1C(=O)NC1CCC(C(=O)O)CC1. The molecule has 0 aromatic heterocycles. The lowest BCUT2D eigenvalue weighted by Gasteiger charge is -2.40. The molecule has 0 radical (unpaired) electrons. The number of piperidine rings is 1. The second kappa shape index (κ2) is 8.63. The lowest BCUT2D eigenvalue weighted by atomic mass is 9.86. The molecule has 0 spiro atoms. The number of amides is 2. The van der Waals surface area contributed by atoms with Crippen LogP contribution in [0.5, 0.6) is 5.75 Å². The molecule has 2 aliphatic rings. The highest BCUT2D eigenvalue weighted by atomic mass is 16.5. The normalized spacial score (nSPS) is 28.4. The summed E-state index contributed by atoms with van der Waals surface area (Å²) < 4.78 is 5.53. The highest BCUT2D eigenvalue weighted by molar-refractivity contribution is 5.75. The lowest BCUT2D eigenvalue weighted by molar-refractivity contribution is -0.142. The van der Waals surface area contributed by atoms with Crippen molar-refractivity contribution in [1.29, 1.82) is 0 Å². The van der Waals surface area contributed by atoms with Gasteiger partial charge in [-0.05, 0) is 50.5 Å². The molecule has 3 rings (SSSR count). The van der Waals surface area contributed by atoms with Crippen molar-refractivity contribution in [2.75, 3.05) is 13.7 Å². The third-order valence-electron chi connectivity index (χ3n) is 6.03. The van der Waals surface area contributed by atoms with Crippen LogP contribution in [-0.4, -0.2) is 41.7 Å². The van der Waals surface area contributed by atoms with Crippen LogP contribution in [0.2, 0.25) is 0 Å². The molecule has 2 amide bonds. The van der Waals surface area contributed by atoms with Crippen LogP contribution in [0.4, 0.5) is 4.79 Å². The molecule has 2 atom stereocenters. The molecule has 1 saturated heterocycles. The minimum atomic E-state index is -0.721. The molecule has 1 saturated carbocycles. The summed E-state index contributed by atoms with van der Waals surface area (Å²) >= 11 is 0. The molecule has 0 unspecified atom stereocenters. The van der Waals surface area contributed by atoms with Crippen molar-refractivity contribution in [2.45, 2.75) is 57.5 Å². The molecule has 1 aromatic rings. The molecular weight excluding hydrogens is 344 g/mol. The zero-order valence-corrected chi connectivity index (χ0v) is 16.2. The number of carboxylic acids is 1. The van der Waals surface area contributed by atoms with Crippen molar-refractivity contribution in [2.24, 2.45) is 11.8 Å². The van der Waals surface area contributed by atoms with Crippen LogP contribution in [0.15, 0.2) is 24.3 Å². The number of ether oxygens (including phenoxy) is 1. The third-order valence-corrected chi connectivity index (χ3v) is 6.03. The van der Waals surface area contributed by atoms with Crippen LogP contribution in [0, 0.1) is 11.8 Å². The Morgan fingerprint density at radius 3 is 2.52 bits per heavy atom. The summed E-state index contributed by atoms with van der Waals surface area (Å²) in [6.45, 7) is 2.95. The Labute approximate surface area is 160 Å². The first kappa shape index (κ1) is 19.5. The summed E-state index contributed by atoms with van der Waals surface area (Å²) in [5, 5.41) is 12.3. The van der Waals surface area contributed by atoms with E-state index in [1.807, 2.05) is 29.2 Å². The van der Waals surface area contributed by atoms with E-state index >= 15 is 0 Å². The number of hydrogen-bond acceptors (Lipinski definition) is 3. The number of nitrogens with one attached hydrogen (secondary N) is 1. The molecule has 6 nitrogen and oxygen atoms in total. The summed E-state index contributed by atoms with van der Waals surface area (Å²) in [5.74, 6) is 0.377. The van der Waals surface area contributed by atoms with E-state index in [0.29, 0.717) is 18.8 Å². The molecular formula is C21H30N2O4. The molecule has 1 aliphatic heterocycles. The Morgan fingerprint density at radius 2 is 1.85 bits per heavy atom. The van der Waals surface area contributed by atoms with Gasteiger partial charge in [0.25, 0.3) is 0 Å². The Kier molecular flexibility index (Phi) is 6.24. The number of carboxylic acid groups (broad SMARTS) is 1. The second-order valence-corrected chi connectivity index (χ2v) is 7.92. The first-order valence-corrected chi connectivity index (χ1v) is 9.92. The smallest absolute Gasteiger partial charge is 0.318 e. The molecule has 27 heavy (non-hydrogen) atoms. The van der Waals surface area contributed by atoms with E-state index in [9.17, 15) is 9.59 Å². The van der Waals surface area contributed by atoms with Crippen molar-refractivity contribution < 1.29 is 19.4 Å². The fourth-order valence-corrected chi connectivity index (χ4v) is 4.36. The maximum Gasteiger partial charge on any atom is 0.318 e. The molecule has 2 N–H and O–H groups in total. The molecule has 1 aliphatic carbocycles. The number of nitrogens with zero attached hydrogens (tertiary/aromatic N) is 1. The fourth-order valence-electron chi connectivity index (χ4n) is 4.36. The van der Waals surface area contributed by atoms with Gasteiger partial charge in [-0.25, -0.2) is 4.79 Å². The molecule has 1 aromatic carbocycles. The number of methoxy groups -OCH3 is 1. The standard InChI is InChI=1S/C21H30N2O4/c1-14-11-12-23(18(13-14)17-5-3-4-6-19(17)27-2)21(26)22-16-9-7-15(8-10-16)20(24)25/h3-6,14-16,18H,7-13H2,1-2H3,(H,22,26)(H,24,25)/t14-,15?,16?,18+/m0/s1. The van der Waals surface area contributed by atoms with Gasteiger partial charge in [-0.1, -0.05) is 25.1 Å². The van der Waals surface area contributed by atoms with Gasteiger partial charge in [-0.2, -0.15) is 0 Å². The van der Waals surface area contributed by atoms with Crippen LogP contribution in [-0.2, 0) is 4.79 Å². The van der Waals surface area contributed by atoms with Crippen molar-refractivity contribution >= 4 is 12.0 Å². The van der Waals surface area contributed by atoms with E-state index in [0.717, 1.165) is 43.5 Å². The van der Waals surface area contributed by atoms with Gasteiger partial charge in [-0.15, -0.1) is 0 Å². The predicted molar refractivity (Wildman–Crippen MR) is 103 cm³/mol. The minimum Gasteiger partial charge on any atom is -0.496 e. The number of hydrogen-bond donors (Lipinski definition) is 2. The largest absolute Gasteiger partial charge is 0.496 e. The lowest BCUT2D eigenvalue weighted by Crippen LogP contribution is -2.50. The Balaban J connectivity index is 1.69. The molecule has 0 bridgehead atoms. The number of urea groups is 1. The van der Waals surface area contributed by atoms with Gasteiger partial charge >= 0.3 is 12.0 Å². The number of aliphatic carboxylic acids is 1. The van der Waals surface area contributed by atoms with Gasteiger partial charge in [0.15, 0.2) is 0 Å². The van der Waals surface area contributed by atoms with Gasteiger partial charge in [0.1, 0.15) is 5.75 Å². The maximum absolute atomic E-state index is 13.0. The Bertz CT molecular complexity index is 670. The zero-order chi connectivity index (χ0) is 19.4. The molecule has 6 heteroatoms. The van der Waals surface area contributed by atoms with Gasteiger partial charge < -0.3 is 20.1 Å². The van der Waals surface area contributed by atoms with Crippen molar-refractivity contribution in [1.82, 2.24) is 10.2 Å². The van der Waals surface area contributed by atoms with E-state index in [1.165, 1.54) is 0 Å². The van der Waals surface area contributed by atoms with Crippen molar-refractivity contribution in [3.63, 3.8) is 0 Å². The van der Waals surface area contributed by atoms with E-state index in [4.69, 9.17) is 9.84 Å². The summed E-state index contributed by atoms with van der Waals surface area (Å²) in [6.07, 6.45) is 4.63. The Morgan fingerprint density at radius 1 is 1.15 bits per heavy atom.